The van der Waals surface area contributed by atoms with Crippen LogP contribution in [-0.2, 0) is 9.53 Å². The van der Waals surface area contributed by atoms with E-state index in [1.807, 2.05) is 0 Å². The predicted octanol–water partition coefficient (Wildman–Crippen LogP) is 8.44. The molecular formula is C30H61NO3. The first-order valence-corrected chi connectivity index (χ1v) is 15.2. The number of hydrogen-bond donors (Lipinski definition) is 1. The van der Waals surface area contributed by atoms with E-state index >= 15 is 0 Å². The highest BCUT2D eigenvalue weighted by Crippen LogP contribution is 2.18. The largest absolute Gasteiger partial charge is 0.462 e. The van der Waals surface area contributed by atoms with Gasteiger partial charge in [-0.25, -0.2) is 0 Å². The number of esters is 1. The van der Waals surface area contributed by atoms with Crippen molar-refractivity contribution in [1.82, 2.24) is 4.90 Å². The molecule has 4 nitrogen and oxygen atoms in total. The standard InChI is InChI=1S/C30H61NO3/c1-4-7-9-11-13-15-19-23-29(22-18-14-12-10-8-5-2)34-30(33)24-20-16-17-21-26-31(25-6-3)27-28-32/h29,32H,4-28H2,1-3H3. The highest BCUT2D eigenvalue weighted by Gasteiger charge is 2.14. The first kappa shape index (κ1) is 33.4. The Hall–Kier alpha value is -0.610. The molecule has 34 heavy (non-hydrogen) atoms. The van der Waals surface area contributed by atoms with Gasteiger partial charge in [-0.2, -0.15) is 0 Å². The van der Waals surface area contributed by atoms with Crippen LogP contribution in [0.15, 0.2) is 0 Å². The van der Waals surface area contributed by atoms with Gasteiger partial charge in [-0.3, -0.25) is 4.79 Å². The summed E-state index contributed by atoms with van der Waals surface area (Å²) < 4.78 is 5.96. The van der Waals surface area contributed by atoms with Crippen molar-refractivity contribution >= 4 is 5.97 Å². The maximum absolute atomic E-state index is 12.5. The zero-order valence-electron chi connectivity index (χ0n) is 23.5. The number of unbranched alkanes of at least 4 members (excludes halogenated alkanes) is 14. The molecule has 4 heteroatoms. The van der Waals surface area contributed by atoms with E-state index in [4.69, 9.17) is 9.84 Å². The molecule has 0 aliphatic heterocycles. The number of aliphatic hydroxyl groups excluding tert-OH is 1. The van der Waals surface area contributed by atoms with Gasteiger partial charge in [-0.15, -0.1) is 0 Å². The second-order valence-corrected chi connectivity index (χ2v) is 10.3. The van der Waals surface area contributed by atoms with Crippen molar-refractivity contribution in [3.05, 3.63) is 0 Å². The molecule has 0 amide bonds. The maximum Gasteiger partial charge on any atom is 0.306 e. The molecule has 0 heterocycles. The Balaban J connectivity index is 4.09. The molecule has 0 fully saturated rings. The summed E-state index contributed by atoms with van der Waals surface area (Å²) in [5.41, 5.74) is 0. The first-order chi connectivity index (χ1) is 16.7. The van der Waals surface area contributed by atoms with Crippen molar-refractivity contribution in [2.45, 2.75) is 162 Å². The molecule has 1 N–H and O–H groups in total. The molecule has 0 saturated heterocycles. The fraction of sp³-hybridized carbons (Fsp3) is 0.967. The van der Waals surface area contributed by atoms with Crippen molar-refractivity contribution in [3.63, 3.8) is 0 Å². The highest BCUT2D eigenvalue weighted by atomic mass is 16.5. The second kappa shape index (κ2) is 27.0. The number of carbonyl (C=O) groups is 1. The third-order valence-electron chi connectivity index (χ3n) is 6.87. The van der Waals surface area contributed by atoms with Crippen molar-refractivity contribution in [2.24, 2.45) is 0 Å². The van der Waals surface area contributed by atoms with Crippen LogP contribution in [0, 0.1) is 0 Å². The van der Waals surface area contributed by atoms with Crippen LogP contribution in [0.4, 0.5) is 0 Å². The van der Waals surface area contributed by atoms with E-state index < -0.39 is 0 Å². The van der Waals surface area contributed by atoms with E-state index in [1.165, 1.54) is 83.5 Å². The zero-order valence-corrected chi connectivity index (χ0v) is 23.5. The Morgan fingerprint density at radius 1 is 0.618 bits per heavy atom. The monoisotopic (exact) mass is 483 g/mol. The van der Waals surface area contributed by atoms with Crippen LogP contribution in [0.25, 0.3) is 0 Å². The molecule has 0 aromatic rings. The number of carbonyl (C=O) groups excluding carboxylic acids is 1. The van der Waals surface area contributed by atoms with Gasteiger partial charge in [0, 0.05) is 13.0 Å². The van der Waals surface area contributed by atoms with Crippen molar-refractivity contribution in [1.29, 1.82) is 0 Å². The first-order valence-electron chi connectivity index (χ1n) is 15.2. The minimum atomic E-state index is 0.0202. The van der Waals surface area contributed by atoms with Gasteiger partial charge < -0.3 is 14.7 Å². The Kier molecular flexibility index (Phi) is 26.5. The van der Waals surface area contributed by atoms with Crippen LogP contribution >= 0.6 is 0 Å². The zero-order chi connectivity index (χ0) is 25.1. The van der Waals surface area contributed by atoms with E-state index in [0.717, 1.165) is 64.6 Å². The minimum Gasteiger partial charge on any atom is -0.462 e. The van der Waals surface area contributed by atoms with Gasteiger partial charge in [0.1, 0.15) is 6.10 Å². The summed E-state index contributed by atoms with van der Waals surface area (Å²) >= 11 is 0. The lowest BCUT2D eigenvalue weighted by Gasteiger charge is -2.20. The Labute approximate surface area is 213 Å². The van der Waals surface area contributed by atoms with Crippen LogP contribution in [0.2, 0.25) is 0 Å². The molecule has 1 atom stereocenters. The molecule has 0 radical (unpaired) electrons. The second-order valence-electron chi connectivity index (χ2n) is 10.3. The van der Waals surface area contributed by atoms with Gasteiger partial charge in [-0.05, 0) is 58.0 Å². The number of hydrogen-bond acceptors (Lipinski definition) is 4. The summed E-state index contributed by atoms with van der Waals surface area (Å²) in [7, 11) is 0. The van der Waals surface area contributed by atoms with Crippen LogP contribution in [0.1, 0.15) is 156 Å². The van der Waals surface area contributed by atoms with Gasteiger partial charge in [0.2, 0.25) is 0 Å². The van der Waals surface area contributed by atoms with Gasteiger partial charge >= 0.3 is 5.97 Å². The molecule has 0 bridgehead atoms. The fourth-order valence-electron chi connectivity index (χ4n) is 4.74. The smallest absolute Gasteiger partial charge is 0.306 e. The fourth-order valence-corrected chi connectivity index (χ4v) is 4.74. The van der Waals surface area contributed by atoms with Crippen molar-refractivity contribution < 1.29 is 14.6 Å². The van der Waals surface area contributed by atoms with Crippen molar-refractivity contribution in [3.8, 4) is 0 Å². The van der Waals surface area contributed by atoms with Crippen LogP contribution in [0.5, 0.6) is 0 Å². The predicted molar refractivity (Wildman–Crippen MR) is 147 cm³/mol. The Morgan fingerprint density at radius 2 is 1.12 bits per heavy atom. The van der Waals surface area contributed by atoms with E-state index in [-0.39, 0.29) is 18.7 Å². The van der Waals surface area contributed by atoms with Crippen LogP contribution < -0.4 is 0 Å². The number of rotatable bonds is 27. The summed E-state index contributed by atoms with van der Waals surface area (Å²) in [6.45, 7) is 9.84. The van der Waals surface area contributed by atoms with E-state index in [9.17, 15) is 4.79 Å². The van der Waals surface area contributed by atoms with E-state index in [0.29, 0.717) is 6.42 Å². The molecule has 0 rings (SSSR count). The SMILES string of the molecule is CCCCCCCCCC(CCCCCCCC)OC(=O)CCCCCCN(CCC)CCO. The molecule has 0 aromatic carbocycles. The lowest BCUT2D eigenvalue weighted by atomic mass is 10.0. The summed E-state index contributed by atoms with van der Waals surface area (Å²) in [6, 6.07) is 0. The Morgan fingerprint density at radius 3 is 1.65 bits per heavy atom. The molecule has 1 unspecified atom stereocenters. The normalized spacial score (nSPS) is 12.4. The lowest BCUT2D eigenvalue weighted by molar-refractivity contribution is -0.150. The van der Waals surface area contributed by atoms with Crippen LogP contribution in [-0.4, -0.2) is 48.3 Å². The molecule has 0 aliphatic carbocycles. The molecule has 204 valence electrons. The van der Waals surface area contributed by atoms with Crippen LogP contribution in [0.3, 0.4) is 0 Å². The average molecular weight is 484 g/mol. The van der Waals surface area contributed by atoms with Crippen molar-refractivity contribution in [2.75, 3.05) is 26.2 Å². The summed E-state index contributed by atoms with van der Waals surface area (Å²) in [4.78, 5) is 14.8. The molecule has 0 aliphatic rings. The van der Waals surface area contributed by atoms with E-state index in [1.54, 1.807) is 0 Å². The van der Waals surface area contributed by atoms with E-state index in [2.05, 4.69) is 25.7 Å². The summed E-state index contributed by atoms with van der Waals surface area (Å²) in [6.07, 6.45) is 25.2. The summed E-state index contributed by atoms with van der Waals surface area (Å²) in [5.74, 6) is 0.0202. The molecule has 0 spiro atoms. The number of ether oxygens (including phenoxy) is 1. The average Bonchev–Trinajstić information content (AvgIpc) is 2.82. The highest BCUT2D eigenvalue weighted by molar-refractivity contribution is 5.69. The third kappa shape index (κ3) is 23.1. The van der Waals surface area contributed by atoms with Gasteiger partial charge in [0.25, 0.3) is 0 Å². The van der Waals surface area contributed by atoms with Gasteiger partial charge in [0.05, 0.1) is 6.61 Å². The lowest BCUT2D eigenvalue weighted by Crippen LogP contribution is -2.28. The maximum atomic E-state index is 12.5. The molecule has 0 aromatic heterocycles. The summed E-state index contributed by atoms with van der Waals surface area (Å²) in [5, 5.41) is 9.16. The molecular weight excluding hydrogens is 422 g/mol. The van der Waals surface area contributed by atoms with Gasteiger partial charge in [0.15, 0.2) is 0 Å². The Bertz CT molecular complexity index is 410. The van der Waals surface area contributed by atoms with Gasteiger partial charge in [-0.1, -0.05) is 104 Å². The number of aliphatic hydroxyl groups is 1. The minimum absolute atomic E-state index is 0.0202. The quantitative estimate of drug-likeness (QED) is 0.0940. The third-order valence-corrected chi connectivity index (χ3v) is 6.87. The number of nitrogens with zero attached hydrogens (tertiary/aromatic N) is 1. The topological polar surface area (TPSA) is 49.8 Å². The molecule has 0 saturated carbocycles.